The van der Waals surface area contributed by atoms with E-state index in [-0.39, 0.29) is 11.4 Å². The lowest BCUT2D eigenvalue weighted by molar-refractivity contribution is 0.100. The van der Waals surface area contributed by atoms with Crippen LogP contribution in [0.15, 0.2) is 30.6 Å². The van der Waals surface area contributed by atoms with Gasteiger partial charge in [0, 0.05) is 12.7 Å². The lowest BCUT2D eigenvalue weighted by Crippen LogP contribution is -2.16. The molecule has 0 aliphatic rings. The molecule has 1 aromatic heterocycles. The van der Waals surface area contributed by atoms with Gasteiger partial charge in [0.25, 0.3) is 5.91 Å². The van der Waals surface area contributed by atoms with Crippen LogP contribution in [0.2, 0.25) is 0 Å². The predicted molar refractivity (Wildman–Crippen MR) is 74.0 cm³/mol. The second-order valence-electron chi connectivity index (χ2n) is 4.46. The van der Waals surface area contributed by atoms with Crippen LogP contribution in [0.4, 0.5) is 4.39 Å². The average Bonchev–Trinajstić information content (AvgIpc) is 2.88. The van der Waals surface area contributed by atoms with Gasteiger partial charge in [0.2, 0.25) is 0 Å². The zero-order valence-corrected chi connectivity index (χ0v) is 11.3. The third-order valence-corrected chi connectivity index (χ3v) is 2.91. The number of para-hydroxylation sites is 1. The highest BCUT2D eigenvalue weighted by molar-refractivity contribution is 5.92. The third kappa shape index (κ3) is 3.03. The molecule has 0 spiro atoms. The standard InChI is InChI=1S/C14H17FN4O/c1-2-6-17-7-10-4-3-5-12(15)13(10)19-9-11(8-18-19)14(16)20/h3-5,8-9,17H,2,6-7H2,1H3,(H2,16,20). The fourth-order valence-corrected chi connectivity index (χ4v) is 1.93. The molecule has 0 aliphatic carbocycles. The summed E-state index contributed by atoms with van der Waals surface area (Å²) in [6.07, 6.45) is 3.76. The molecule has 106 valence electrons. The van der Waals surface area contributed by atoms with Crippen LogP contribution < -0.4 is 11.1 Å². The van der Waals surface area contributed by atoms with Crippen molar-refractivity contribution < 1.29 is 9.18 Å². The van der Waals surface area contributed by atoms with Gasteiger partial charge in [-0.25, -0.2) is 9.07 Å². The van der Waals surface area contributed by atoms with Crippen LogP contribution in [0.3, 0.4) is 0 Å². The van der Waals surface area contributed by atoms with E-state index in [0.29, 0.717) is 12.2 Å². The number of halogens is 1. The average molecular weight is 276 g/mol. The first-order valence-corrected chi connectivity index (χ1v) is 6.46. The summed E-state index contributed by atoms with van der Waals surface area (Å²) in [5.41, 5.74) is 6.54. The van der Waals surface area contributed by atoms with Gasteiger partial charge in [-0.3, -0.25) is 4.79 Å². The summed E-state index contributed by atoms with van der Waals surface area (Å²) >= 11 is 0. The number of aromatic nitrogens is 2. The fraction of sp³-hybridized carbons (Fsp3) is 0.286. The molecule has 0 fully saturated rings. The summed E-state index contributed by atoms with van der Waals surface area (Å²) in [6.45, 7) is 3.44. The molecule has 2 aromatic rings. The Bertz CT molecular complexity index is 609. The van der Waals surface area contributed by atoms with Crippen molar-refractivity contribution in [3.05, 3.63) is 47.5 Å². The van der Waals surface area contributed by atoms with Gasteiger partial charge in [0.05, 0.1) is 11.8 Å². The molecule has 1 amide bonds. The Hall–Kier alpha value is -2.21. The van der Waals surface area contributed by atoms with Gasteiger partial charge in [-0.1, -0.05) is 19.1 Å². The molecule has 0 saturated heterocycles. The molecule has 0 saturated carbocycles. The number of hydrogen-bond acceptors (Lipinski definition) is 3. The summed E-state index contributed by atoms with van der Waals surface area (Å²) in [7, 11) is 0. The number of rotatable bonds is 6. The molecule has 0 atom stereocenters. The van der Waals surface area contributed by atoms with Crippen LogP contribution in [-0.4, -0.2) is 22.2 Å². The smallest absolute Gasteiger partial charge is 0.251 e. The number of carbonyl (C=O) groups is 1. The van der Waals surface area contributed by atoms with Crippen molar-refractivity contribution in [2.75, 3.05) is 6.54 Å². The molecule has 3 N–H and O–H groups in total. The molecule has 2 rings (SSSR count). The summed E-state index contributed by atoms with van der Waals surface area (Å²) in [5.74, 6) is -0.974. The summed E-state index contributed by atoms with van der Waals surface area (Å²) in [4.78, 5) is 11.1. The topological polar surface area (TPSA) is 72.9 Å². The Morgan fingerprint density at radius 3 is 2.95 bits per heavy atom. The van der Waals surface area contributed by atoms with E-state index in [4.69, 9.17) is 5.73 Å². The first-order chi connectivity index (χ1) is 9.63. The van der Waals surface area contributed by atoms with Crippen LogP contribution >= 0.6 is 0 Å². The first-order valence-electron chi connectivity index (χ1n) is 6.46. The normalized spacial score (nSPS) is 10.7. The zero-order valence-electron chi connectivity index (χ0n) is 11.3. The molecule has 1 heterocycles. The predicted octanol–water partition coefficient (Wildman–Crippen LogP) is 1.61. The van der Waals surface area contributed by atoms with Crippen LogP contribution in [0, 0.1) is 5.82 Å². The zero-order chi connectivity index (χ0) is 14.5. The van der Waals surface area contributed by atoms with Crippen molar-refractivity contribution in [3.63, 3.8) is 0 Å². The Balaban J connectivity index is 2.35. The second-order valence-corrected chi connectivity index (χ2v) is 4.46. The van der Waals surface area contributed by atoms with Crippen molar-refractivity contribution in [1.82, 2.24) is 15.1 Å². The molecule has 20 heavy (non-hydrogen) atoms. The van der Waals surface area contributed by atoms with E-state index >= 15 is 0 Å². The number of benzene rings is 1. The molecular formula is C14H17FN4O. The van der Waals surface area contributed by atoms with Gasteiger partial charge in [0.15, 0.2) is 0 Å². The van der Waals surface area contributed by atoms with Crippen molar-refractivity contribution in [2.24, 2.45) is 5.73 Å². The number of hydrogen-bond donors (Lipinski definition) is 2. The highest BCUT2D eigenvalue weighted by Gasteiger charge is 2.13. The van der Waals surface area contributed by atoms with Gasteiger partial charge in [0.1, 0.15) is 11.5 Å². The Labute approximate surface area is 116 Å². The molecule has 1 aromatic carbocycles. The highest BCUT2D eigenvalue weighted by atomic mass is 19.1. The van der Waals surface area contributed by atoms with Crippen LogP contribution in [0.1, 0.15) is 29.3 Å². The number of carbonyl (C=O) groups excluding carboxylic acids is 1. The molecule has 6 heteroatoms. The van der Waals surface area contributed by atoms with E-state index in [1.807, 2.05) is 6.07 Å². The lowest BCUT2D eigenvalue weighted by atomic mass is 10.1. The molecule has 0 radical (unpaired) electrons. The van der Waals surface area contributed by atoms with Crippen LogP contribution in [0.5, 0.6) is 0 Å². The van der Waals surface area contributed by atoms with Crippen LogP contribution in [-0.2, 0) is 6.54 Å². The molecule has 0 unspecified atom stereocenters. The maximum Gasteiger partial charge on any atom is 0.251 e. The van der Waals surface area contributed by atoms with Crippen molar-refractivity contribution in [3.8, 4) is 5.69 Å². The van der Waals surface area contributed by atoms with Crippen molar-refractivity contribution in [1.29, 1.82) is 0 Å². The van der Waals surface area contributed by atoms with E-state index < -0.39 is 5.91 Å². The Kier molecular flexibility index (Phi) is 4.47. The SMILES string of the molecule is CCCNCc1cccc(F)c1-n1cc(C(N)=O)cn1. The quantitative estimate of drug-likeness (QED) is 0.787. The highest BCUT2D eigenvalue weighted by Crippen LogP contribution is 2.18. The second kappa shape index (κ2) is 6.29. The van der Waals surface area contributed by atoms with Gasteiger partial charge in [-0.05, 0) is 24.6 Å². The fourth-order valence-electron chi connectivity index (χ4n) is 1.93. The summed E-state index contributed by atoms with van der Waals surface area (Å²) in [6, 6.07) is 4.84. The molecule has 0 aliphatic heterocycles. The van der Waals surface area contributed by atoms with Gasteiger partial charge >= 0.3 is 0 Å². The van der Waals surface area contributed by atoms with E-state index in [1.165, 1.54) is 23.1 Å². The van der Waals surface area contributed by atoms with E-state index in [2.05, 4.69) is 17.3 Å². The molecule has 5 nitrogen and oxygen atoms in total. The Morgan fingerprint density at radius 1 is 1.50 bits per heavy atom. The minimum absolute atomic E-state index is 0.251. The van der Waals surface area contributed by atoms with Crippen molar-refractivity contribution >= 4 is 5.91 Å². The van der Waals surface area contributed by atoms with Gasteiger partial charge in [-0.15, -0.1) is 0 Å². The molecular weight excluding hydrogens is 259 g/mol. The minimum Gasteiger partial charge on any atom is -0.366 e. The van der Waals surface area contributed by atoms with E-state index in [9.17, 15) is 9.18 Å². The first kappa shape index (κ1) is 14.2. The third-order valence-electron chi connectivity index (χ3n) is 2.91. The number of nitrogens with one attached hydrogen (secondary N) is 1. The number of amides is 1. The number of nitrogens with zero attached hydrogens (tertiary/aromatic N) is 2. The number of primary amides is 1. The van der Waals surface area contributed by atoms with Gasteiger partial charge < -0.3 is 11.1 Å². The lowest BCUT2D eigenvalue weighted by Gasteiger charge is -2.11. The Morgan fingerprint density at radius 2 is 2.30 bits per heavy atom. The van der Waals surface area contributed by atoms with Crippen LogP contribution in [0.25, 0.3) is 5.69 Å². The molecule has 0 bridgehead atoms. The maximum absolute atomic E-state index is 14.1. The van der Waals surface area contributed by atoms with Gasteiger partial charge in [-0.2, -0.15) is 5.10 Å². The maximum atomic E-state index is 14.1. The number of nitrogens with two attached hydrogens (primary N) is 1. The summed E-state index contributed by atoms with van der Waals surface area (Å²) in [5, 5.41) is 7.22. The monoisotopic (exact) mass is 276 g/mol. The van der Waals surface area contributed by atoms with Crippen molar-refractivity contribution in [2.45, 2.75) is 19.9 Å². The summed E-state index contributed by atoms with van der Waals surface area (Å²) < 4.78 is 15.4. The largest absolute Gasteiger partial charge is 0.366 e. The van der Waals surface area contributed by atoms with E-state index in [0.717, 1.165) is 18.5 Å². The minimum atomic E-state index is -0.585. The van der Waals surface area contributed by atoms with E-state index in [1.54, 1.807) is 6.07 Å².